The van der Waals surface area contributed by atoms with Crippen LogP contribution in [0.25, 0.3) is 0 Å². The van der Waals surface area contributed by atoms with E-state index in [0.29, 0.717) is 0 Å². The van der Waals surface area contributed by atoms with Crippen LogP contribution in [-0.4, -0.2) is 23.4 Å². The predicted octanol–water partition coefficient (Wildman–Crippen LogP) is 1.59. The molecule has 2 N–H and O–H groups in total. The molecule has 6 heteroatoms. The number of aryl methyl sites for hydroxylation is 1. The van der Waals surface area contributed by atoms with Crippen molar-refractivity contribution in [2.75, 3.05) is 11.9 Å². The third-order valence-electron chi connectivity index (χ3n) is 2.98. The Kier molecular flexibility index (Phi) is 3.57. The van der Waals surface area contributed by atoms with Gasteiger partial charge in [-0.25, -0.2) is 0 Å². The van der Waals surface area contributed by atoms with Gasteiger partial charge in [-0.1, -0.05) is 6.07 Å². The fraction of sp³-hybridized carbons (Fsp3) is 0.417. The predicted molar refractivity (Wildman–Crippen MR) is 67.5 cm³/mol. The summed E-state index contributed by atoms with van der Waals surface area (Å²) in [7, 11) is 0. The first kappa shape index (κ1) is 12.5. The van der Waals surface area contributed by atoms with Crippen LogP contribution in [0, 0.1) is 17.0 Å². The van der Waals surface area contributed by atoms with Crippen molar-refractivity contribution in [2.24, 2.45) is 0 Å². The van der Waals surface area contributed by atoms with Crippen LogP contribution in [0.1, 0.15) is 18.4 Å². The summed E-state index contributed by atoms with van der Waals surface area (Å²) in [6.07, 6.45) is 1.72. The topological polar surface area (TPSA) is 84.3 Å². The molecule has 0 bridgehead atoms. The maximum Gasteiger partial charge on any atom is 0.293 e. The highest BCUT2D eigenvalue weighted by Gasteiger charge is 2.24. The van der Waals surface area contributed by atoms with Gasteiger partial charge >= 0.3 is 0 Å². The summed E-state index contributed by atoms with van der Waals surface area (Å²) >= 11 is 0. The largest absolute Gasteiger partial charge is 0.319 e. The Balaban J connectivity index is 2.17. The molecule has 1 aromatic carbocycles. The molecule has 96 valence electrons. The number of nitro benzene ring substituents is 1. The van der Waals surface area contributed by atoms with Crippen LogP contribution in [0.15, 0.2) is 18.2 Å². The number of hydrogen-bond donors (Lipinski definition) is 2. The van der Waals surface area contributed by atoms with Crippen LogP contribution >= 0.6 is 0 Å². The van der Waals surface area contributed by atoms with Gasteiger partial charge in [0.1, 0.15) is 5.69 Å². The SMILES string of the molecule is Cc1ccc(NC(=O)[C@@H]2CCCN2)c([N+](=O)[O-])c1. The standard InChI is InChI=1S/C12H15N3O3/c1-8-4-5-9(11(7-8)15(17)18)14-12(16)10-3-2-6-13-10/h4-5,7,10,13H,2-3,6H2,1H3,(H,14,16)/t10-/m0/s1. The molecule has 1 saturated heterocycles. The molecule has 0 saturated carbocycles. The van der Waals surface area contributed by atoms with E-state index in [1.54, 1.807) is 19.1 Å². The molecule has 2 rings (SSSR count). The Morgan fingerprint density at radius 1 is 1.56 bits per heavy atom. The summed E-state index contributed by atoms with van der Waals surface area (Å²) in [6, 6.07) is 4.52. The van der Waals surface area contributed by atoms with Gasteiger partial charge in [0, 0.05) is 6.07 Å². The molecule has 0 aliphatic carbocycles. The first-order chi connectivity index (χ1) is 8.58. The number of amides is 1. The minimum atomic E-state index is -0.481. The first-order valence-electron chi connectivity index (χ1n) is 5.87. The maximum atomic E-state index is 11.9. The highest BCUT2D eigenvalue weighted by Crippen LogP contribution is 2.25. The smallest absolute Gasteiger partial charge is 0.293 e. The monoisotopic (exact) mass is 249 g/mol. The van der Waals surface area contributed by atoms with E-state index in [-0.39, 0.29) is 23.3 Å². The quantitative estimate of drug-likeness (QED) is 0.629. The number of nitrogens with one attached hydrogen (secondary N) is 2. The summed E-state index contributed by atoms with van der Waals surface area (Å²) in [4.78, 5) is 22.3. The zero-order chi connectivity index (χ0) is 13.1. The molecule has 1 aromatic rings. The number of carbonyl (C=O) groups is 1. The fourth-order valence-corrected chi connectivity index (χ4v) is 2.03. The van der Waals surface area contributed by atoms with Crippen LogP contribution < -0.4 is 10.6 Å². The molecular formula is C12H15N3O3. The van der Waals surface area contributed by atoms with E-state index in [1.807, 2.05) is 0 Å². The van der Waals surface area contributed by atoms with Crippen molar-refractivity contribution in [3.05, 3.63) is 33.9 Å². The lowest BCUT2D eigenvalue weighted by Gasteiger charge is -2.11. The number of benzene rings is 1. The third-order valence-corrected chi connectivity index (χ3v) is 2.98. The summed E-state index contributed by atoms with van der Waals surface area (Å²) in [5, 5.41) is 16.6. The summed E-state index contributed by atoms with van der Waals surface area (Å²) in [5.41, 5.74) is 0.976. The molecule has 1 aliphatic rings. The summed E-state index contributed by atoms with van der Waals surface area (Å²) < 4.78 is 0. The second-order valence-corrected chi connectivity index (χ2v) is 4.42. The molecule has 0 radical (unpaired) electrons. The molecule has 6 nitrogen and oxygen atoms in total. The van der Waals surface area contributed by atoms with Crippen molar-refractivity contribution < 1.29 is 9.72 Å². The third kappa shape index (κ3) is 2.65. The fourth-order valence-electron chi connectivity index (χ4n) is 2.03. The van der Waals surface area contributed by atoms with E-state index >= 15 is 0 Å². The van der Waals surface area contributed by atoms with Gasteiger partial charge in [0.05, 0.1) is 11.0 Å². The highest BCUT2D eigenvalue weighted by atomic mass is 16.6. The Hall–Kier alpha value is -1.95. The normalized spacial score (nSPS) is 18.6. The Morgan fingerprint density at radius 3 is 2.94 bits per heavy atom. The van der Waals surface area contributed by atoms with Crippen molar-refractivity contribution in [3.8, 4) is 0 Å². The molecule has 0 spiro atoms. The van der Waals surface area contributed by atoms with Crippen molar-refractivity contribution in [2.45, 2.75) is 25.8 Å². The van der Waals surface area contributed by atoms with E-state index in [4.69, 9.17) is 0 Å². The first-order valence-corrected chi connectivity index (χ1v) is 5.87. The van der Waals surface area contributed by atoms with Crippen LogP contribution in [0.2, 0.25) is 0 Å². The zero-order valence-corrected chi connectivity index (χ0v) is 10.1. The number of anilines is 1. The molecule has 1 aliphatic heterocycles. The van der Waals surface area contributed by atoms with E-state index in [9.17, 15) is 14.9 Å². The van der Waals surface area contributed by atoms with Crippen LogP contribution in [-0.2, 0) is 4.79 Å². The van der Waals surface area contributed by atoms with Crippen molar-refractivity contribution in [1.82, 2.24) is 5.32 Å². The minimum absolute atomic E-state index is 0.0682. The molecule has 1 atom stereocenters. The average Bonchev–Trinajstić information content (AvgIpc) is 2.84. The van der Waals surface area contributed by atoms with Gasteiger partial charge in [-0.05, 0) is 37.9 Å². The Labute approximate surface area is 105 Å². The highest BCUT2D eigenvalue weighted by molar-refractivity contribution is 5.96. The van der Waals surface area contributed by atoms with Gasteiger partial charge in [0.2, 0.25) is 5.91 Å². The average molecular weight is 249 g/mol. The molecule has 18 heavy (non-hydrogen) atoms. The van der Waals surface area contributed by atoms with Crippen molar-refractivity contribution in [1.29, 1.82) is 0 Å². The molecular weight excluding hydrogens is 234 g/mol. The van der Waals surface area contributed by atoms with E-state index in [2.05, 4.69) is 10.6 Å². The van der Waals surface area contributed by atoms with Gasteiger partial charge in [0.25, 0.3) is 5.69 Å². The number of rotatable bonds is 3. The lowest BCUT2D eigenvalue weighted by atomic mass is 10.1. The number of carbonyl (C=O) groups excluding carboxylic acids is 1. The van der Waals surface area contributed by atoms with E-state index in [0.717, 1.165) is 24.9 Å². The summed E-state index contributed by atoms with van der Waals surface area (Å²) in [6.45, 7) is 2.59. The molecule has 1 fully saturated rings. The van der Waals surface area contributed by atoms with Gasteiger partial charge < -0.3 is 10.6 Å². The zero-order valence-electron chi connectivity index (χ0n) is 10.1. The molecule has 1 amide bonds. The van der Waals surface area contributed by atoms with E-state index in [1.165, 1.54) is 6.07 Å². The number of hydrogen-bond acceptors (Lipinski definition) is 4. The number of nitrogens with zero attached hydrogens (tertiary/aromatic N) is 1. The minimum Gasteiger partial charge on any atom is -0.319 e. The van der Waals surface area contributed by atoms with Crippen LogP contribution in [0.5, 0.6) is 0 Å². The summed E-state index contributed by atoms with van der Waals surface area (Å²) in [5.74, 6) is -0.209. The second-order valence-electron chi connectivity index (χ2n) is 4.42. The second kappa shape index (κ2) is 5.14. The van der Waals surface area contributed by atoms with Crippen molar-refractivity contribution in [3.63, 3.8) is 0 Å². The number of nitro groups is 1. The van der Waals surface area contributed by atoms with Crippen molar-refractivity contribution >= 4 is 17.3 Å². The van der Waals surface area contributed by atoms with E-state index < -0.39 is 4.92 Å². The Morgan fingerprint density at radius 2 is 2.33 bits per heavy atom. The van der Waals surface area contributed by atoms with Crippen LogP contribution in [0.3, 0.4) is 0 Å². The van der Waals surface area contributed by atoms with Gasteiger partial charge in [-0.15, -0.1) is 0 Å². The molecule has 0 aromatic heterocycles. The van der Waals surface area contributed by atoms with Gasteiger partial charge in [0.15, 0.2) is 0 Å². The lowest BCUT2D eigenvalue weighted by Crippen LogP contribution is -2.35. The Bertz CT molecular complexity index is 481. The van der Waals surface area contributed by atoms with Gasteiger partial charge in [-0.3, -0.25) is 14.9 Å². The van der Waals surface area contributed by atoms with Gasteiger partial charge in [-0.2, -0.15) is 0 Å². The molecule has 0 unspecified atom stereocenters. The molecule has 1 heterocycles. The maximum absolute atomic E-state index is 11.9. The van der Waals surface area contributed by atoms with Crippen LogP contribution in [0.4, 0.5) is 11.4 Å². The lowest BCUT2D eigenvalue weighted by molar-refractivity contribution is -0.384.